The number of likely N-dealkylation sites (tertiary alicyclic amines) is 1. The van der Waals surface area contributed by atoms with Crippen molar-refractivity contribution in [2.24, 2.45) is 13.0 Å². The van der Waals surface area contributed by atoms with Crippen LogP contribution >= 0.6 is 0 Å². The van der Waals surface area contributed by atoms with Crippen molar-refractivity contribution >= 4 is 23.3 Å². The lowest BCUT2D eigenvalue weighted by atomic mass is 9.86. The number of aromatic nitrogens is 3. The van der Waals surface area contributed by atoms with Gasteiger partial charge in [-0.3, -0.25) is 14.3 Å². The van der Waals surface area contributed by atoms with Gasteiger partial charge in [-0.15, -0.1) is 0 Å². The molecule has 8 nitrogen and oxygen atoms in total. The standard InChI is InChI=1S/C18H24N6O2/c1-22(2)15-11-12(7-9-19-15)21-18(26)13-5-6-16(25)23(3)17(13)14-8-10-20-24(14)4/h7-11,13,17H,5-6H2,1-4H3,(H,19,21,26)/t13-,17-/m0/s1. The largest absolute Gasteiger partial charge is 0.363 e. The van der Waals surface area contributed by atoms with Crippen LogP contribution in [0, 0.1) is 5.92 Å². The lowest BCUT2D eigenvalue weighted by Gasteiger charge is -2.38. The molecular formula is C18H24N6O2. The number of hydrogen-bond acceptors (Lipinski definition) is 5. The molecule has 3 heterocycles. The predicted octanol–water partition coefficient (Wildman–Crippen LogP) is 1.43. The quantitative estimate of drug-likeness (QED) is 0.896. The summed E-state index contributed by atoms with van der Waals surface area (Å²) < 4.78 is 1.72. The van der Waals surface area contributed by atoms with Crippen LogP contribution in [-0.4, -0.2) is 52.6 Å². The molecule has 0 radical (unpaired) electrons. The minimum Gasteiger partial charge on any atom is -0.363 e. The van der Waals surface area contributed by atoms with Crippen LogP contribution in [0.5, 0.6) is 0 Å². The third-order valence-electron chi connectivity index (χ3n) is 4.83. The van der Waals surface area contributed by atoms with Crippen molar-refractivity contribution in [2.45, 2.75) is 18.9 Å². The SMILES string of the molecule is CN(C)c1cc(NC(=O)[C@H]2CCC(=O)N(C)[C@@H]2c2ccnn2C)ccn1. The van der Waals surface area contributed by atoms with Gasteiger partial charge in [-0.25, -0.2) is 4.98 Å². The third kappa shape index (κ3) is 3.40. The Labute approximate surface area is 152 Å². The lowest BCUT2D eigenvalue weighted by Crippen LogP contribution is -2.45. The molecular weight excluding hydrogens is 332 g/mol. The summed E-state index contributed by atoms with van der Waals surface area (Å²) >= 11 is 0. The summed E-state index contributed by atoms with van der Waals surface area (Å²) in [5, 5.41) is 7.17. The van der Waals surface area contributed by atoms with Crippen LogP contribution in [0.2, 0.25) is 0 Å². The first-order valence-corrected chi connectivity index (χ1v) is 8.56. The minimum absolute atomic E-state index is 0.0408. The summed E-state index contributed by atoms with van der Waals surface area (Å²) in [5.74, 6) is 0.358. The smallest absolute Gasteiger partial charge is 0.229 e. The van der Waals surface area contributed by atoms with E-state index in [1.54, 1.807) is 35.1 Å². The number of hydrogen-bond donors (Lipinski definition) is 1. The Hall–Kier alpha value is -2.90. The Balaban J connectivity index is 1.85. The van der Waals surface area contributed by atoms with Gasteiger partial charge < -0.3 is 15.1 Å². The van der Waals surface area contributed by atoms with Crippen LogP contribution in [0.25, 0.3) is 0 Å². The van der Waals surface area contributed by atoms with Crippen molar-refractivity contribution in [3.8, 4) is 0 Å². The van der Waals surface area contributed by atoms with Crippen molar-refractivity contribution in [1.29, 1.82) is 0 Å². The Bertz CT molecular complexity index is 816. The van der Waals surface area contributed by atoms with Crippen molar-refractivity contribution in [2.75, 3.05) is 31.4 Å². The van der Waals surface area contributed by atoms with E-state index in [0.717, 1.165) is 11.5 Å². The molecule has 2 amide bonds. The molecule has 1 aliphatic heterocycles. The second-order valence-corrected chi connectivity index (χ2v) is 6.76. The van der Waals surface area contributed by atoms with Crippen LogP contribution in [0.4, 0.5) is 11.5 Å². The molecule has 138 valence electrons. The number of amides is 2. The van der Waals surface area contributed by atoms with Crippen LogP contribution < -0.4 is 10.2 Å². The third-order valence-corrected chi connectivity index (χ3v) is 4.83. The van der Waals surface area contributed by atoms with E-state index in [1.165, 1.54) is 0 Å². The molecule has 26 heavy (non-hydrogen) atoms. The number of pyridine rings is 1. The number of piperidine rings is 1. The fourth-order valence-corrected chi connectivity index (χ4v) is 3.37. The number of carbonyl (C=O) groups excluding carboxylic acids is 2. The van der Waals surface area contributed by atoms with E-state index >= 15 is 0 Å². The number of aryl methyl sites for hydroxylation is 1. The molecule has 2 aromatic heterocycles. The van der Waals surface area contributed by atoms with Crippen LogP contribution in [0.1, 0.15) is 24.6 Å². The number of carbonyl (C=O) groups is 2. The summed E-state index contributed by atoms with van der Waals surface area (Å²) in [5.41, 5.74) is 1.54. The van der Waals surface area contributed by atoms with Crippen molar-refractivity contribution in [1.82, 2.24) is 19.7 Å². The molecule has 0 aromatic carbocycles. The zero-order chi connectivity index (χ0) is 18.8. The predicted molar refractivity (Wildman–Crippen MR) is 98.6 cm³/mol. The second kappa shape index (κ2) is 7.15. The van der Waals surface area contributed by atoms with Gasteiger partial charge in [0, 0.05) is 58.8 Å². The number of nitrogens with zero attached hydrogens (tertiary/aromatic N) is 5. The lowest BCUT2D eigenvalue weighted by molar-refractivity contribution is -0.140. The van der Waals surface area contributed by atoms with Crippen molar-refractivity contribution < 1.29 is 9.59 Å². The second-order valence-electron chi connectivity index (χ2n) is 6.76. The maximum Gasteiger partial charge on any atom is 0.229 e. The van der Waals surface area contributed by atoms with E-state index in [2.05, 4.69) is 15.4 Å². The Kier molecular flexibility index (Phi) is 4.92. The fraction of sp³-hybridized carbons (Fsp3) is 0.444. The molecule has 0 aliphatic carbocycles. The monoisotopic (exact) mass is 356 g/mol. The van der Waals surface area contributed by atoms with Gasteiger partial charge in [0.05, 0.1) is 17.7 Å². The molecule has 1 N–H and O–H groups in total. The maximum atomic E-state index is 13.0. The molecule has 3 rings (SSSR count). The van der Waals surface area contributed by atoms with Gasteiger partial charge in [-0.05, 0) is 18.6 Å². The minimum atomic E-state index is -0.343. The van der Waals surface area contributed by atoms with Gasteiger partial charge in [0.25, 0.3) is 0 Å². The maximum absolute atomic E-state index is 13.0. The Morgan fingerprint density at radius 2 is 2.04 bits per heavy atom. The highest BCUT2D eigenvalue weighted by molar-refractivity contribution is 5.94. The first kappa shape index (κ1) is 17.9. The van der Waals surface area contributed by atoms with E-state index in [1.807, 2.05) is 38.2 Å². The normalized spacial score (nSPS) is 20.2. The van der Waals surface area contributed by atoms with Crippen LogP contribution in [0.3, 0.4) is 0 Å². The van der Waals surface area contributed by atoms with Gasteiger partial charge >= 0.3 is 0 Å². The van der Waals surface area contributed by atoms with Gasteiger partial charge in [0.1, 0.15) is 5.82 Å². The average Bonchev–Trinajstić information content (AvgIpc) is 3.03. The molecule has 2 atom stereocenters. The summed E-state index contributed by atoms with van der Waals surface area (Å²) in [6.07, 6.45) is 4.22. The fourth-order valence-electron chi connectivity index (χ4n) is 3.37. The number of nitrogens with one attached hydrogen (secondary N) is 1. The van der Waals surface area contributed by atoms with Gasteiger partial charge in [0.15, 0.2) is 0 Å². The molecule has 0 bridgehead atoms. The van der Waals surface area contributed by atoms with E-state index in [9.17, 15) is 9.59 Å². The molecule has 0 unspecified atom stereocenters. The summed E-state index contributed by atoms with van der Waals surface area (Å²) in [6.45, 7) is 0. The Morgan fingerprint density at radius 3 is 2.69 bits per heavy atom. The first-order chi connectivity index (χ1) is 12.4. The summed E-state index contributed by atoms with van der Waals surface area (Å²) in [4.78, 5) is 33.0. The molecule has 1 aliphatic rings. The van der Waals surface area contributed by atoms with E-state index < -0.39 is 0 Å². The van der Waals surface area contributed by atoms with Crippen molar-refractivity contribution in [3.05, 3.63) is 36.3 Å². The zero-order valence-electron chi connectivity index (χ0n) is 15.5. The zero-order valence-corrected chi connectivity index (χ0v) is 15.5. The molecule has 0 spiro atoms. The first-order valence-electron chi connectivity index (χ1n) is 8.56. The van der Waals surface area contributed by atoms with Crippen LogP contribution in [-0.2, 0) is 16.6 Å². The topological polar surface area (TPSA) is 83.4 Å². The van der Waals surface area contributed by atoms with E-state index in [0.29, 0.717) is 18.5 Å². The summed E-state index contributed by atoms with van der Waals surface area (Å²) in [7, 11) is 7.36. The van der Waals surface area contributed by atoms with Crippen molar-refractivity contribution in [3.63, 3.8) is 0 Å². The number of anilines is 2. The molecule has 1 fully saturated rings. The van der Waals surface area contributed by atoms with E-state index in [-0.39, 0.29) is 23.8 Å². The highest BCUT2D eigenvalue weighted by Gasteiger charge is 2.40. The highest BCUT2D eigenvalue weighted by atomic mass is 16.2. The molecule has 0 saturated carbocycles. The molecule has 2 aromatic rings. The molecule has 8 heteroatoms. The van der Waals surface area contributed by atoms with Gasteiger partial charge in [-0.2, -0.15) is 5.10 Å². The highest BCUT2D eigenvalue weighted by Crippen LogP contribution is 2.36. The van der Waals surface area contributed by atoms with Gasteiger partial charge in [0.2, 0.25) is 11.8 Å². The summed E-state index contributed by atoms with van der Waals surface area (Å²) in [6, 6.07) is 5.12. The Morgan fingerprint density at radius 1 is 1.27 bits per heavy atom. The molecule has 1 saturated heterocycles. The van der Waals surface area contributed by atoms with Gasteiger partial charge in [-0.1, -0.05) is 0 Å². The average molecular weight is 356 g/mol. The number of rotatable bonds is 4. The van der Waals surface area contributed by atoms with E-state index in [4.69, 9.17) is 0 Å². The van der Waals surface area contributed by atoms with Crippen LogP contribution in [0.15, 0.2) is 30.6 Å².